The van der Waals surface area contributed by atoms with E-state index in [2.05, 4.69) is 22.6 Å². The van der Waals surface area contributed by atoms with Crippen LogP contribution in [-0.2, 0) is 0 Å². The highest BCUT2D eigenvalue weighted by Gasteiger charge is 2.00. The summed E-state index contributed by atoms with van der Waals surface area (Å²) in [5, 5.41) is 9.05. The zero-order valence-corrected chi connectivity index (χ0v) is 7.85. The highest BCUT2D eigenvalue weighted by Crippen LogP contribution is 2.21. The summed E-state index contributed by atoms with van der Waals surface area (Å²) in [6.45, 7) is 0. The van der Waals surface area contributed by atoms with Gasteiger partial charge in [0, 0.05) is 3.57 Å². The summed E-state index contributed by atoms with van der Waals surface area (Å²) in [5.41, 5.74) is 0.536. The molecule has 0 N–H and O–H groups in total. The van der Waals surface area contributed by atoms with E-state index in [9.17, 15) is 0 Å². The van der Waals surface area contributed by atoms with E-state index in [1.54, 1.807) is 6.07 Å². The second kappa shape index (κ2) is 3.22. The van der Waals surface area contributed by atoms with Crippen LogP contribution in [0.15, 0.2) is 18.2 Å². The summed E-state index contributed by atoms with van der Waals surface area (Å²) in [6.07, 6.45) is 0. The molecule has 0 unspecified atom stereocenters. The molecule has 0 atom stereocenters. The molecule has 3 heteroatoms. The van der Waals surface area contributed by atoms with E-state index in [0.717, 1.165) is 3.57 Å². The van der Waals surface area contributed by atoms with Crippen molar-refractivity contribution >= 4 is 34.2 Å². The first-order valence-electron chi connectivity index (χ1n) is 2.60. The van der Waals surface area contributed by atoms with Gasteiger partial charge in [0.05, 0.1) is 10.6 Å². The van der Waals surface area contributed by atoms with Crippen molar-refractivity contribution < 1.29 is 0 Å². The van der Waals surface area contributed by atoms with E-state index >= 15 is 0 Å². The smallest absolute Gasteiger partial charge is 0.101 e. The van der Waals surface area contributed by atoms with Gasteiger partial charge in [-0.05, 0) is 34.7 Å². The Bertz CT molecular complexity index is 290. The maximum Gasteiger partial charge on any atom is 0.101 e. The Balaban J connectivity index is 3.31. The zero-order chi connectivity index (χ0) is 7.56. The Labute approximate surface area is 77.8 Å². The molecular weight excluding hydrogens is 260 g/mol. The number of benzene rings is 1. The fourth-order valence-corrected chi connectivity index (χ4v) is 1.26. The third-order valence-corrected chi connectivity index (χ3v) is 2.70. The van der Waals surface area contributed by atoms with Gasteiger partial charge in [-0.1, -0.05) is 17.7 Å². The Hall–Kier alpha value is -0.270. The van der Waals surface area contributed by atoms with Gasteiger partial charge in [0.1, 0.15) is 6.07 Å². The lowest BCUT2D eigenvalue weighted by Crippen LogP contribution is -1.78. The minimum absolute atomic E-state index is 0.536. The summed E-state index contributed by atoms with van der Waals surface area (Å²) in [7, 11) is 0. The lowest BCUT2D eigenvalue weighted by molar-refractivity contribution is 1.47. The van der Waals surface area contributed by atoms with Crippen LogP contribution in [0.2, 0.25) is 5.02 Å². The second-order valence-electron chi connectivity index (χ2n) is 1.71. The normalized spacial score (nSPS) is 8.90. The molecule has 0 aliphatic carbocycles. The Morgan fingerprint density at radius 3 is 2.70 bits per heavy atom. The van der Waals surface area contributed by atoms with Crippen molar-refractivity contribution in [1.29, 1.82) is 5.26 Å². The molecule has 1 aromatic carbocycles. The highest BCUT2D eigenvalue weighted by atomic mass is 127. The monoisotopic (exact) mass is 263 g/mol. The Kier molecular flexibility index (Phi) is 2.52. The van der Waals surface area contributed by atoms with Crippen molar-refractivity contribution in [3.05, 3.63) is 32.4 Å². The molecule has 0 saturated carbocycles. The van der Waals surface area contributed by atoms with Crippen molar-refractivity contribution in [1.82, 2.24) is 0 Å². The van der Waals surface area contributed by atoms with Crippen molar-refractivity contribution in [2.75, 3.05) is 0 Å². The van der Waals surface area contributed by atoms with Crippen LogP contribution in [0, 0.1) is 14.9 Å². The number of hydrogen-bond acceptors (Lipinski definition) is 1. The van der Waals surface area contributed by atoms with Crippen LogP contribution in [0.3, 0.4) is 0 Å². The Morgan fingerprint density at radius 1 is 1.50 bits per heavy atom. The molecule has 1 aromatic rings. The summed E-state index contributed by atoms with van der Waals surface area (Å²) in [5.74, 6) is 0. The van der Waals surface area contributed by atoms with E-state index < -0.39 is 0 Å². The molecule has 10 heavy (non-hydrogen) atoms. The molecule has 1 nitrogen and oxygen atoms in total. The SMILES string of the molecule is N#Cc1cccc(I)c1Cl. The average molecular weight is 263 g/mol. The average Bonchev–Trinajstić information content (AvgIpc) is 1.95. The minimum atomic E-state index is 0.536. The molecule has 0 bridgehead atoms. The fraction of sp³-hybridized carbons (Fsp3) is 0. The van der Waals surface area contributed by atoms with Crippen LogP contribution in [0.25, 0.3) is 0 Å². The maximum atomic E-state index is 8.51. The summed E-state index contributed by atoms with van der Waals surface area (Å²) < 4.78 is 0.915. The van der Waals surface area contributed by atoms with Gasteiger partial charge in [0.25, 0.3) is 0 Å². The minimum Gasteiger partial charge on any atom is -0.192 e. The van der Waals surface area contributed by atoms with E-state index in [0.29, 0.717) is 10.6 Å². The molecule has 0 saturated heterocycles. The Morgan fingerprint density at radius 2 is 2.20 bits per heavy atom. The van der Waals surface area contributed by atoms with Crippen molar-refractivity contribution in [2.24, 2.45) is 0 Å². The van der Waals surface area contributed by atoms with Crippen LogP contribution in [-0.4, -0.2) is 0 Å². The maximum absolute atomic E-state index is 8.51. The molecule has 0 amide bonds. The predicted molar refractivity (Wildman–Crippen MR) is 48.9 cm³/mol. The van der Waals surface area contributed by atoms with Gasteiger partial charge in [-0.3, -0.25) is 0 Å². The second-order valence-corrected chi connectivity index (χ2v) is 3.25. The quantitative estimate of drug-likeness (QED) is 0.660. The molecule has 1 rings (SSSR count). The van der Waals surface area contributed by atoms with Gasteiger partial charge in [0.2, 0.25) is 0 Å². The van der Waals surface area contributed by atoms with E-state index in [4.69, 9.17) is 16.9 Å². The van der Waals surface area contributed by atoms with Gasteiger partial charge < -0.3 is 0 Å². The molecule has 0 fully saturated rings. The lowest BCUT2D eigenvalue weighted by Gasteiger charge is -1.94. The first kappa shape index (κ1) is 7.83. The van der Waals surface area contributed by atoms with Gasteiger partial charge in [-0.25, -0.2) is 0 Å². The number of halogens is 2. The van der Waals surface area contributed by atoms with Gasteiger partial charge in [0.15, 0.2) is 0 Å². The number of nitriles is 1. The molecular formula is C7H3ClIN. The summed E-state index contributed by atoms with van der Waals surface area (Å²) in [4.78, 5) is 0. The number of hydrogen-bond donors (Lipinski definition) is 0. The van der Waals surface area contributed by atoms with E-state index in [1.165, 1.54) is 0 Å². The largest absolute Gasteiger partial charge is 0.192 e. The van der Waals surface area contributed by atoms with Crippen molar-refractivity contribution in [3.63, 3.8) is 0 Å². The van der Waals surface area contributed by atoms with Crippen molar-refractivity contribution in [2.45, 2.75) is 0 Å². The molecule has 0 spiro atoms. The van der Waals surface area contributed by atoms with E-state index in [1.807, 2.05) is 18.2 Å². The van der Waals surface area contributed by atoms with E-state index in [-0.39, 0.29) is 0 Å². The lowest BCUT2D eigenvalue weighted by atomic mass is 10.2. The third kappa shape index (κ3) is 1.41. The number of rotatable bonds is 0. The van der Waals surface area contributed by atoms with Crippen LogP contribution in [0.5, 0.6) is 0 Å². The van der Waals surface area contributed by atoms with Gasteiger partial charge in [-0.2, -0.15) is 5.26 Å². The van der Waals surface area contributed by atoms with Gasteiger partial charge >= 0.3 is 0 Å². The van der Waals surface area contributed by atoms with Crippen LogP contribution >= 0.6 is 34.2 Å². The summed E-state index contributed by atoms with van der Waals surface area (Å²) in [6, 6.07) is 7.37. The molecule has 50 valence electrons. The molecule has 0 aliphatic heterocycles. The molecule has 0 aliphatic rings. The predicted octanol–water partition coefficient (Wildman–Crippen LogP) is 2.82. The fourth-order valence-electron chi connectivity index (χ4n) is 0.590. The van der Waals surface area contributed by atoms with Crippen LogP contribution < -0.4 is 0 Å². The van der Waals surface area contributed by atoms with Gasteiger partial charge in [-0.15, -0.1) is 0 Å². The van der Waals surface area contributed by atoms with Crippen molar-refractivity contribution in [3.8, 4) is 6.07 Å². The molecule has 0 heterocycles. The zero-order valence-electron chi connectivity index (χ0n) is 4.94. The standard InChI is InChI=1S/C7H3ClIN/c8-7-5(4-10)2-1-3-6(7)9/h1-3H. The topological polar surface area (TPSA) is 23.8 Å². The third-order valence-electron chi connectivity index (χ3n) is 1.07. The van der Waals surface area contributed by atoms with Crippen LogP contribution in [0.4, 0.5) is 0 Å². The molecule has 0 aromatic heterocycles. The number of nitrogens with zero attached hydrogens (tertiary/aromatic N) is 1. The first-order valence-corrected chi connectivity index (χ1v) is 4.05. The van der Waals surface area contributed by atoms with Crippen LogP contribution in [0.1, 0.15) is 5.56 Å². The molecule has 0 radical (unpaired) electrons. The first-order chi connectivity index (χ1) is 4.75. The summed E-state index contributed by atoms with van der Waals surface area (Å²) >= 11 is 7.85. The highest BCUT2D eigenvalue weighted by molar-refractivity contribution is 14.1.